The van der Waals surface area contributed by atoms with Crippen molar-refractivity contribution in [3.8, 4) is 0 Å². The Hall–Kier alpha value is -4.75. The third kappa shape index (κ3) is 7.56. The van der Waals surface area contributed by atoms with Crippen molar-refractivity contribution in [1.82, 2.24) is 10.6 Å². The van der Waals surface area contributed by atoms with Gasteiger partial charge in [0.2, 0.25) is 11.8 Å². The highest BCUT2D eigenvalue weighted by Gasteiger charge is 2.24. The number of carbonyl (C=O) groups excluding carboxylic acids is 3. The molecule has 1 atom stereocenters. The maximum Gasteiger partial charge on any atom is 0.258 e. The minimum absolute atomic E-state index is 0.0542. The summed E-state index contributed by atoms with van der Waals surface area (Å²) < 4.78 is 0. The Bertz CT molecular complexity index is 1630. The molecule has 43 heavy (non-hydrogen) atoms. The van der Waals surface area contributed by atoms with Crippen LogP contribution >= 0.6 is 0 Å². The van der Waals surface area contributed by atoms with Crippen LogP contribution in [0.4, 0.5) is 5.69 Å². The van der Waals surface area contributed by atoms with E-state index >= 15 is 0 Å². The summed E-state index contributed by atoms with van der Waals surface area (Å²) in [6, 6.07) is 28.9. The van der Waals surface area contributed by atoms with Crippen LogP contribution in [0.2, 0.25) is 0 Å². The molecule has 1 heterocycles. The summed E-state index contributed by atoms with van der Waals surface area (Å²) in [7, 11) is 0. The standard InChI is InChI=1S/C36H38N4O3/c37-21-9-22-38-35(42)32(25-26-17-18-27-10-1-2-13-30(27)24-26)39-34(41)16-7-8-23-40-33-15-6-4-12-29(33)20-19-28-11-3-5-14-31(28)36(40)43/h1-6,10-15,17-20,24,32H,7-9,16,21-23,25,37H2,(H,38,42)(H,39,41)/b20-19-. The topological polar surface area (TPSA) is 105 Å². The van der Waals surface area contributed by atoms with Gasteiger partial charge in [0.15, 0.2) is 0 Å². The van der Waals surface area contributed by atoms with Gasteiger partial charge in [0, 0.05) is 31.5 Å². The molecule has 0 aromatic heterocycles. The lowest BCUT2D eigenvalue weighted by atomic mass is 10.00. The van der Waals surface area contributed by atoms with Crippen LogP contribution < -0.4 is 21.3 Å². The molecule has 0 fully saturated rings. The molecule has 3 amide bonds. The van der Waals surface area contributed by atoms with Crippen LogP contribution in [0.1, 0.15) is 52.7 Å². The third-order valence-corrected chi connectivity index (χ3v) is 7.73. The van der Waals surface area contributed by atoms with Gasteiger partial charge in [0.1, 0.15) is 6.04 Å². The van der Waals surface area contributed by atoms with E-state index in [9.17, 15) is 14.4 Å². The van der Waals surface area contributed by atoms with Gasteiger partial charge in [-0.25, -0.2) is 0 Å². The van der Waals surface area contributed by atoms with Gasteiger partial charge < -0.3 is 21.3 Å². The largest absolute Gasteiger partial charge is 0.354 e. The van der Waals surface area contributed by atoms with Crippen molar-refractivity contribution in [2.45, 2.75) is 38.1 Å². The number of nitrogens with zero attached hydrogens (tertiary/aromatic N) is 1. The molecule has 1 unspecified atom stereocenters. The van der Waals surface area contributed by atoms with Crippen LogP contribution in [0.5, 0.6) is 0 Å². The molecule has 0 saturated heterocycles. The molecule has 4 aromatic carbocycles. The highest BCUT2D eigenvalue weighted by molar-refractivity contribution is 6.11. The van der Waals surface area contributed by atoms with Crippen LogP contribution in [0, 0.1) is 0 Å². The van der Waals surface area contributed by atoms with E-state index in [1.54, 1.807) is 0 Å². The zero-order valence-electron chi connectivity index (χ0n) is 24.3. The summed E-state index contributed by atoms with van der Waals surface area (Å²) in [5.41, 5.74) is 9.93. The smallest absolute Gasteiger partial charge is 0.258 e. The van der Waals surface area contributed by atoms with E-state index in [-0.39, 0.29) is 24.1 Å². The van der Waals surface area contributed by atoms with E-state index in [2.05, 4.69) is 16.7 Å². The van der Waals surface area contributed by atoms with Crippen molar-refractivity contribution in [3.63, 3.8) is 0 Å². The number of unbranched alkanes of at least 4 members (excludes halogenated alkanes) is 1. The number of amides is 3. The summed E-state index contributed by atoms with van der Waals surface area (Å²) >= 11 is 0. The van der Waals surface area contributed by atoms with E-state index in [1.165, 1.54) is 0 Å². The van der Waals surface area contributed by atoms with Gasteiger partial charge in [-0.3, -0.25) is 14.4 Å². The number of fused-ring (bicyclic) bond motifs is 3. The number of rotatable bonds is 12. The van der Waals surface area contributed by atoms with Crippen molar-refractivity contribution in [1.29, 1.82) is 0 Å². The van der Waals surface area contributed by atoms with Gasteiger partial charge >= 0.3 is 0 Å². The summed E-state index contributed by atoms with van der Waals surface area (Å²) in [5, 5.41) is 8.08. The maximum atomic E-state index is 13.6. The first-order chi connectivity index (χ1) is 21.0. The fourth-order valence-corrected chi connectivity index (χ4v) is 5.44. The Morgan fingerprint density at radius 3 is 2.35 bits per heavy atom. The van der Waals surface area contributed by atoms with E-state index < -0.39 is 6.04 Å². The molecule has 5 rings (SSSR count). The van der Waals surface area contributed by atoms with Crippen molar-refractivity contribution < 1.29 is 14.4 Å². The Balaban J connectivity index is 1.22. The molecular formula is C36H38N4O3. The van der Waals surface area contributed by atoms with Crippen LogP contribution in [0.3, 0.4) is 0 Å². The SMILES string of the molecule is NCCCNC(=O)C(Cc1ccc2ccccc2c1)NC(=O)CCCCN1C(=O)c2ccccc2/C=C\c2ccccc21. The molecule has 0 aliphatic carbocycles. The molecule has 220 valence electrons. The van der Waals surface area contributed by atoms with Crippen LogP contribution in [0.25, 0.3) is 22.9 Å². The predicted molar refractivity (Wildman–Crippen MR) is 174 cm³/mol. The minimum Gasteiger partial charge on any atom is -0.354 e. The number of nitrogens with one attached hydrogen (secondary N) is 2. The van der Waals surface area contributed by atoms with Crippen molar-refractivity contribution in [2.24, 2.45) is 5.73 Å². The average molecular weight is 575 g/mol. The normalized spacial score (nSPS) is 13.8. The lowest BCUT2D eigenvalue weighted by Gasteiger charge is -2.27. The van der Waals surface area contributed by atoms with Crippen LogP contribution in [-0.2, 0) is 16.0 Å². The summed E-state index contributed by atoms with van der Waals surface area (Å²) in [6.45, 7) is 1.42. The molecule has 7 heteroatoms. The summed E-state index contributed by atoms with van der Waals surface area (Å²) in [6.07, 6.45) is 6.54. The van der Waals surface area contributed by atoms with Crippen molar-refractivity contribution >= 4 is 46.3 Å². The number of anilines is 1. The number of hydrogen-bond acceptors (Lipinski definition) is 4. The second kappa shape index (κ2) is 14.4. The van der Waals surface area contributed by atoms with E-state index in [1.807, 2.05) is 102 Å². The zero-order chi connectivity index (χ0) is 30.0. The molecule has 1 aliphatic heterocycles. The number of para-hydroxylation sites is 1. The molecule has 0 bridgehead atoms. The number of nitrogens with two attached hydrogens (primary N) is 1. The average Bonchev–Trinajstić information content (AvgIpc) is 3.03. The first-order valence-electron chi connectivity index (χ1n) is 15.0. The second-order valence-corrected chi connectivity index (χ2v) is 10.8. The Kier molecular flexibility index (Phi) is 9.97. The van der Waals surface area contributed by atoms with Gasteiger partial charge in [-0.15, -0.1) is 0 Å². The van der Waals surface area contributed by atoms with Gasteiger partial charge in [0.05, 0.1) is 5.69 Å². The van der Waals surface area contributed by atoms with Crippen molar-refractivity contribution in [2.75, 3.05) is 24.5 Å². The molecule has 0 radical (unpaired) electrons. The summed E-state index contributed by atoms with van der Waals surface area (Å²) in [5.74, 6) is -0.460. The zero-order valence-corrected chi connectivity index (χ0v) is 24.3. The fourth-order valence-electron chi connectivity index (χ4n) is 5.44. The fraction of sp³-hybridized carbons (Fsp3) is 0.250. The second-order valence-electron chi connectivity index (χ2n) is 10.8. The maximum absolute atomic E-state index is 13.6. The first-order valence-corrected chi connectivity index (χ1v) is 15.0. The molecule has 0 spiro atoms. The summed E-state index contributed by atoms with van der Waals surface area (Å²) in [4.78, 5) is 41.6. The molecule has 1 aliphatic rings. The number of benzene rings is 4. The first kappa shape index (κ1) is 29.7. The van der Waals surface area contributed by atoms with E-state index in [0.717, 1.165) is 33.2 Å². The van der Waals surface area contributed by atoms with E-state index in [4.69, 9.17) is 5.73 Å². The lowest BCUT2D eigenvalue weighted by molar-refractivity contribution is -0.129. The van der Waals surface area contributed by atoms with Crippen molar-refractivity contribution in [3.05, 3.63) is 113 Å². The Labute approximate surface area is 252 Å². The molecule has 4 aromatic rings. The van der Waals surface area contributed by atoms with Crippen LogP contribution in [-0.4, -0.2) is 43.4 Å². The highest BCUT2D eigenvalue weighted by atomic mass is 16.2. The van der Waals surface area contributed by atoms with Gasteiger partial charge in [-0.1, -0.05) is 91.0 Å². The Morgan fingerprint density at radius 2 is 1.51 bits per heavy atom. The van der Waals surface area contributed by atoms with Crippen LogP contribution in [0.15, 0.2) is 91.0 Å². The van der Waals surface area contributed by atoms with Gasteiger partial charge in [-0.05, 0) is 65.4 Å². The molecule has 0 saturated carbocycles. The van der Waals surface area contributed by atoms with E-state index in [0.29, 0.717) is 50.9 Å². The molecular weight excluding hydrogens is 536 g/mol. The monoisotopic (exact) mass is 574 g/mol. The molecule has 7 nitrogen and oxygen atoms in total. The number of hydrogen-bond donors (Lipinski definition) is 3. The highest BCUT2D eigenvalue weighted by Crippen LogP contribution is 2.29. The third-order valence-electron chi connectivity index (χ3n) is 7.73. The minimum atomic E-state index is -0.697. The van der Waals surface area contributed by atoms with Gasteiger partial charge in [-0.2, -0.15) is 0 Å². The Morgan fingerprint density at radius 1 is 0.791 bits per heavy atom. The lowest BCUT2D eigenvalue weighted by Crippen LogP contribution is -2.48. The number of carbonyl (C=O) groups is 3. The molecule has 4 N–H and O–H groups in total. The quantitative estimate of drug-likeness (QED) is 0.199. The predicted octanol–water partition coefficient (Wildman–Crippen LogP) is 5.33. The van der Waals surface area contributed by atoms with Gasteiger partial charge in [0.25, 0.3) is 5.91 Å².